The van der Waals surface area contributed by atoms with E-state index in [1.807, 2.05) is 24.3 Å². The van der Waals surface area contributed by atoms with Crippen molar-refractivity contribution >= 4 is 17.0 Å². The number of nitrogens with one attached hydrogen (secondary N) is 2. The molecule has 0 aliphatic carbocycles. The number of unbranched alkanes of at least 4 members (excludes halogenated alkanes) is 6. The molecule has 1 aromatic carbocycles. The summed E-state index contributed by atoms with van der Waals surface area (Å²) in [6.07, 6.45) is 8.96. The molecule has 0 saturated carbocycles. The van der Waals surface area contributed by atoms with Crippen LogP contribution in [-0.4, -0.2) is 79.9 Å². The Morgan fingerprint density at radius 1 is 0.889 bits per heavy atom. The summed E-state index contributed by atoms with van der Waals surface area (Å²) in [4.78, 5) is 31.0. The monoisotopic (exact) mass is 500 g/mol. The zero-order valence-electron chi connectivity index (χ0n) is 21.9. The maximum atomic E-state index is 11.8. The average Bonchev–Trinajstić information content (AvgIpc) is 2.88. The molecule has 3 rings (SSSR count). The molecule has 1 aliphatic heterocycles. The number of carbonyl (C=O) groups is 1. The number of hydrogen-bond donors (Lipinski definition) is 2. The molecule has 1 fully saturated rings. The second-order valence-electron chi connectivity index (χ2n) is 9.64. The molecule has 1 aromatic heterocycles. The molecule has 36 heavy (non-hydrogen) atoms. The number of benzene rings is 1. The molecule has 8 heteroatoms. The number of piperazine rings is 1. The number of aromatic amines is 1. The minimum atomic E-state index is -0.288. The number of carbonyl (C=O) groups excluding carboxylic acids is 1. The van der Waals surface area contributed by atoms with E-state index in [1.165, 1.54) is 31.7 Å². The van der Waals surface area contributed by atoms with Crippen molar-refractivity contribution in [2.75, 3.05) is 59.0 Å². The molecule has 2 heterocycles. The van der Waals surface area contributed by atoms with Crippen LogP contribution in [-0.2, 0) is 4.74 Å². The number of rotatable bonds is 16. The van der Waals surface area contributed by atoms with Crippen molar-refractivity contribution in [3.8, 4) is 5.75 Å². The van der Waals surface area contributed by atoms with Crippen molar-refractivity contribution in [1.29, 1.82) is 0 Å². The highest BCUT2D eigenvalue weighted by Gasteiger charge is 2.16. The van der Waals surface area contributed by atoms with Crippen LogP contribution in [0.3, 0.4) is 0 Å². The molecule has 2 N–H and O–H groups in total. The van der Waals surface area contributed by atoms with E-state index in [1.54, 1.807) is 0 Å². The number of nitrogens with zero attached hydrogens (tertiary/aromatic N) is 2. The van der Waals surface area contributed by atoms with Crippen LogP contribution in [0, 0.1) is 0 Å². The summed E-state index contributed by atoms with van der Waals surface area (Å²) >= 11 is 0. The van der Waals surface area contributed by atoms with Crippen LogP contribution in [0.15, 0.2) is 35.1 Å². The molecular weight excluding hydrogens is 456 g/mol. The normalized spacial score (nSPS) is 14.7. The fraction of sp³-hybridized carbons (Fsp3) is 0.643. The SMILES string of the molecule is CCCCCCCNC(=O)OCCN1CCN(CCCCCOc2ccc3ccc(=O)[nH]c3c2)CC1. The van der Waals surface area contributed by atoms with Crippen molar-refractivity contribution in [3.05, 3.63) is 40.7 Å². The van der Waals surface area contributed by atoms with Gasteiger partial charge in [-0.15, -0.1) is 0 Å². The smallest absolute Gasteiger partial charge is 0.407 e. The average molecular weight is 501 g/mol. The van der Waals surface area contributed by atoms with Gasteiger partial charge >= 0.3 is 6.09 Å². The highest BCUT2D eigenvalue weighted by atomic mass is 16.5. The van der Waals surface area contributed by atoms with Crippen molar-refractivity contribution in [2.24, 2.45) is 0 Å². The molecule has 0 atom stereocenters. The number of alkyl carbamates (subject to hydrolysis) is 1. The van der Waals surface area contributed by atoms with Gasteiger partial charge in [-0.25, -0.2) is 4.79 Å². The summed E-state index contributed by atoms with van der Waals surface area (Å²) in [7, 11) is 0. The van der Waals surface area contributed by atoms with Gasteiger partial charge in [-0.05, 0) is 55.8 Å². The van der Waals surface area contributed by atoms with Crippen molar-refractivity contribution in [2.45, 2.75) is 58.3 Å². The summed E-state index contributed by atoms with van der Waals surface area (Å²) in [6.45, 7) is 10.1. The van der Waals surface area contributed by atoms with Gasteiger partial charge in [0, 0.05) is 51.4 Å². The van der Waals surface area contributed by atoms with E-state index < -0.39 is 0 Å². The number of fused-ring (bicyclic) bond motifs is 1. The van der Waals surface area contributed by atoms with Gasteiger partial charge < -0.3 is 24.7 Å². The summed E-state index contributed by atoms with van der Waals surface area (Å²) < 4.78 is 11.2. The van der Waals surface area contributed by atoms with E-state index in [0.717, 1.165) is 81.6 Å². The van der Waals surface area contributed by atoms with Crippen LogP contribution < -0.4 is 15.6 Å². The molecule has 1 saturated heterocycles. The Kier molecular flexibility index (Phi) is 12.6. The van der Waals surface area contributed by atoms with Crippen LogP contribution in [0.5, 0.6) is 5.75 Å². The van der Waals surface area contributed by atoms with Crippen molar-refractivity contribution < 1.29 is 14.3 Å². The lowest BCUT2D eigenvalue weighted by Gasteiger charge is -2.34. The van der Waals surface area contributed by atoms with Crippen LogP contribution in [0.25, 0.3) is 10.9 Å². The minimum absolute atomic E-state index is 0.0972. The fourth-order valence-electron chi connectivity index (χ4n) is 4.50. The lowest BCUT2D eigenvalue weighted by Crippen LogP contribution is -2.47. The van der Waals surface area contributed by atoms with Gasteiger partial charge in [0.1, 0.15) is 12.4 Å². The number of ether oxygens (including phenoxy) is 2. The summed E-state index contributed by atoms with van der Waals surface area (Å²) in [5, 5.41) is 3.85. The van der Waals surface area contributed by atoms with E-state index >= 15 is 0 Å². The van der Waals surface area contributed by atoms with Gasteiger partial charge in [0.2, 0.25) is 5.56 Å². The number of amides is 1. The first-order valence-electron chi connectivity index (χ1n) is 13.8. The van der Waals surface area contributed by atoms with Crippen LogP contribution in [0.4, 0.5) is 4.79 Å². The standard InChI is InChI=1S/C28H44N4O4/c1-2-3-4-5-7-14-29-28(34)36-22-20-32-18-16-31(17-19-32)15-8-6-9-21-35-25-12-10-24-11-13-27(33)30-26(24)23-25/h10-13,23H,2-9,14-22H2,1H3,(H,29,34)(H,30,33). The van der Waals surface area contributed by atoms with Crippen molar-refractivity contribution in [3.63, 3.8) is 0 Å². The van der Waals surface area contributed by atoms with Crippen LogP contribution in [0.1, 0.15) is 58.3 Å². The van der Waals surface area contributed by atoms with Crippen LogP contribution >= 0.6 is 0 Å². The summed E-state index contributed by atoms with van der Waals surface area (Å²) in [6, 6.07) is 9.17. The molecule has 1 amide bonds. The molecule has 200 valence electrons. The van der Waals surface area contributed by atoms with E-state index in [2.05, 4.69) is 27.0 Å². The Balaban J connectivity index is 1.16. The summed E-state index contributed by atoms with van der Waals surface area (Å²) in [5.74, 6) is 0.796. The first-order chi connectivity index (χ1) is 17.6. The van der Waals surface area contributed by atoms with Crippen molar-refractivity contribution in [1.82, 2.24) is 20.1 Å². The first kappa shape index (κ1) is 28.0. The van der Waals surface area contributed by atoms with E-state index in [0.29, 0.717) is 19.8 Å². The molecule has 0 unspecified atom stereocenters. The van der Waals surface area contributed by atoms with Gasteiger partial charge in [0.25, 0.3) is 0 Å². The Morgan fingerprint density at radius 3 is 2.42 bits per heavy atom. The maximum absolute atomic E-state index is 11.8. The molecule has 0 bridgehead atoms. The van der Waals surface area contributed by atoms with Gasteiger partial charge in [0.05, 0.1) is 12.1 Å². The van der Waals surface area contributed by atoms with Gasteiger partial charge in [-0.1, -0.05) is 32.6 Å². The first-order valence-corrected chi connectivity index (χ1v) is 13.8. The molecule has 8 nitrogen and oxygen atoms in total. The van der Waals surface area contributed by atoms with Gasteiger partial charge in [-0.2, -0.15) is 0 Å². The fourth-order valence-corrected chi connectivity index (χ4v) is 4.50. The zero-order chi connectivity index (χ0) is 25.4. The van der Waals surface area contributed by atoms with E-state index in [-0.39, 0.29) is 11.7 Å². The lowest BCUT2D eigenvalue weighted by molar-refractivity contribution is 0.0945. The number of hydrogen-bond acceptors (Lipinski definition) is 6. The summed E-state index contributed by atoms with van der Waals surface area (Å²) in [5.41, 5.74) is 0.710. The highest BCUT2D eigenvalue weighted by Crippen LogP contribution is 2.18. The Bertz CT molecular complexity index is 956. The topological polar surface area (TPSA) is 86.9 Å². The third-order valence-corrected chi connectivity index (χ3v) is 6.74. The Labute approximate surface area is 215 Å². The molecule has 1 aliphatic rings. The minimum Gasteiger partial charge on any atom is -0.494 e. The molecular formula is C28H44N4O4. The second-order valence-corrected chi connectivity index (χ2v) is 9.64. The number of aromatic nitrogens is 1. The van der Waals surface area contributed by atoms with Gasteiger partial charge in [0.15, 0.2) is 0 Å². The Morgan fingerprint density at radius 2 is 1.61 bits per heavy atom. The molecule has 0 radical (unpaired) electrons. The zero-order valence-corrected chi connectivity index (χ0v) is 21.9. The Hall–Kier alpha value is -2.58. The predicted molar refractivity (Wildman–Crippen MR) is 145 cm³/mol. The third-order valence-electron chi connectivity index (χ3n) is 6.74. The highest BCUT2D eigenvalue weighted by molar-refractivity contribution is 5.79. The lowest BCUT2D eigenvalue weighted by atomic mass is 10.1. The maximum Gasteiger partial charge on any atom is 0.407 e. The number of pyridine rings is 1. The molecule has 0 spiro atoms. The van der Waals surface area contributed by atoms with E-state index in [9.17, 15) is 9.59 Å². The van der Waals surface area contributed by atoms with Gasteiger partial charge in [-0.3, -0.25) is 9.69 Å². The number of H-pyrrole nitrogens is 1. The molecule has 2 aromatic rings. The second kappa shape index (κ2) is 16.2. The quantitative estimate of drug-likeness (QED) is 0.333. The third kappa shape index (κ3) is 10.6. The largest absolute Gasteiger partial charge is 0.494 e. The van der Waals surface area contributed by atoms with Crippen LogP contribution in [0.2, 0.25) is 0 Å². The van der Waals surface area contributed by atoms with E-state index in [4.69, 9.17) is 9.47 Å². The predicted octanol–water partition coefficient (Wildman–Crippen LogP) is 4.39.